The van der Waals surface area contributed by atoms with Crippen LogP contribution in [0.1, 0.15) is 19.3 Å². The molecule has 76 valence electrons. The van der Waals surface area contributed by atoms with Crippen molar-refractivity contribution in [2.24, 2.45) is 0 Å². The first-order valence-corrected chi connectivity index (χ1v) is 5.21. The van der Waals surface area contributed by atoms with Crippen molar-refractivity contribution >= 4 is 0 Å². The summed E-state index contributed by atoms with van der Waals surface area (Å²) < 4.78 is 5.56. The summed E-state index contributed by atoms with van der Waals surface area (Å²) in [6.07, 6.45) is 5.71. The summed E-state index contributed by atoms with van der Waals surface area (Å²) in [6.45, 7) is 3.00. The van der Waals surface area contributed by atoms with Gasteiger partial charge >= 0.3 is 0 Å². The van der Waals surface area contributed by atoms with E-state index in [0.29, 0.717) is 6.73 Å². The summed E-state index contributed by atoms with van der Waals surface area (Å²) in [4.78, 5) is 6.45. The molecule has 2 heterocycles. The smallest absolute Gasteiger partial charge is 0.214 e. The lowest BCUT2D eigenvalue weighted by Crippen LogP contribution is -2.33. The quantitative estimate of drug-likeness (QED) is 0.731. The first-order valence-electron chi connectivity index (χ1n) is 5.21. The van der Waals surface area contributed by atoms with Crippen LogP contribution < -0.4 is 4.74 Å². The molecule has 2 rings (SSSR count). The highest BCUT2D eigenvalue weighted by atomic mass is 16.5. The van der Waals surface area contributed by atoms with Gasteiger partial charge in [-0.1, -0.05) is 12.5 Å². The Morgan fingerprint density at radius 3 is 2.79 bits per heavy atom. The van der Waals surface area contributed by atoms with Crippen molar-refractivity contribution in [1.82, 2.24) is 9.88 Å². The van der Waals surface area contributed by atoms with Gasteiger partial charge in [-0.3, -0.25) is 4.90 Å². The third kappa shape index (κ3) is 2.70. The van der Waals surface area contributed by atoms with Gasteiger partial charge in [-0.25, -0.2) is 4.98 Å². The van der Waals surface area contributed by atoms with E-state index >= 15 is 0 Å². The second kappa shape index (κ2) is 4.96. The Balaban J connectivity index is 1.76. The lowest BCUT2D eigenvalue weighted by Gasteiger charge is -2.25. The van der Waals surface area contributed by atoms with Crippen LogP contribution in [0.25, 0.3) is 0 Å². The fourth-order valence-electron chi connectivity index (χ4n) is 1.68. The Bertz CT molecular complexity index is 257. The lowest BCUT2D eigenvalue weighted by molar-refractivity contribution is 0.103. The molecular formula is C11H16N2O. The fraction of sp³-hybridized carbons (Fsp3) is 0.545. The molecule has 0 atom stereocenters. The standard InChI is InChI=1S/C11H16N2O/c1-4-8-13(9-5-1)10-14-11-6-2-3-7-12-11/h2-3,6-7H,1,4-5,8-10H2. The van der Waals surface area contributed by atoms with Crippen molar-refractivity contribution in [2.75, 3.05) is 19.8 Å². The summed E-state index contributed by atoms with van der Waals surface area (Å²) in [5, 5.41) is 0. The number of pyridine rings is 1. The Morgan fingerprint density at radius 2 is 2.07 bits per heavy atom. The molecule has 1 saturated heterocycles. The Labute approximate surface area is 84.7 Å². The first kappa shape index (κ1) is 9.46. The zero-order valence-corrected chi connectivity index (χ0v) is 8.35. The van der Waals surface area contributed by atoms with E-state index in [0.717, 1.165) is 19.0 Å². The minimum Gasteiger partial charge on any atom is -0.461 e. The van der Waals surface area contributed by atoms with Crippen LogP contribution in [0.4, 0.5) is 0 Å². The van der Waals surface area contributed by atoms with E-state index in [9.17, 15) is 0 Å². The van der Waals surface area contributed by atoms with Crippen molar-refractivity contribution in [3.05, 3.63) is 24.4 Å². The molecule has 0 unspecified atom stereocenters. The monoisotopic (exact) mass is 192 g/mol. The van der Waals surface area contributed by atoms with Gasteiger partial charge in [-0.05, 0) is 18.9 Å². The molecule has 0 saturated carbocycles. The topological polar surface area (TPSA) is 25.4 Å². The summed E-state index contributed by atoms with van der Waals surface area (Å²) in [7, 11) is 0. The molecule has 3 nitrogen and oxygen atoms in total. The van der Waals surface area contributed by atoms with Crippen LogP contribution in [0.2, 0.25) is 0 Å². The molecule has 0 amide bonds. The van der Waals surface area contributed by atoms with Crippen LogP contribution in [-0.2, 0) is 0 Å². The summed E-state index contributed by atoms with van der Waals surface area (Å²) >= 11 is 0. The van der Waals surface area contributed by atoms with Gasteiger partial charge in [-0.15, -0.1) is 0 Å². The molecule has 0 bridgehead atoms. The molecule has 1 aromatic heterocycles. The highest BCUT2D eigenvalue weighted by molar-refractivity contribution is 5.08. The average molecular weight is 192 g/mol. The lowest BCUT2D eigenvalue weighted by atomic mass is 10.1. The summed E-state index contributed by atoms with van der Waals surface area (Å²) in [5.41, 5.74) is 0. The van der Waals surface area contributed by atoms with E-state index < -0.39 is 0 Å². The maximum Gasteiger partial charge on any atom is 0.214 e. The van der Waals surface area contributed by atoms with Crippen LogP contribution in [0.15, 0.2) is 24.4 Å². The van der Waals surface area contributed by atoms with Gasteiger partial charge in [0.1, 0.15) is 6.73 Å². The average Bonchev–Trinajstić information content (AvgIpc) is 2.29. The normalized spacial score (nSPS) is 18.0. The number of piperidine rings is 1. The molecule has 14 heavy (non-hydrogen) atoms. The molecular weight excluding hydrogens is 176 g/mol. The van der Waals surface area contributed by atoms with E-state index in [1.807, 2.05) is 18.2 Å². The molecule has 0 aliphatic carbocycles. The summed E-state index contributed by atoms with van der Waals surface area (Å²) in [5.74, 6) is 0.720. The second-order valence-electron chi connectivity index (χ2n) is 3.62. The van der Waals surface area contributed by atoms with Gasteiger partial charge in [0, 0.05) is 25.4 Å². The SMILES string of the molecule is c1ccc(OCN2CCCCC2)nc1. The van der Waals surface area contributed by atoms with Crippen molar-refractivity contribution in [3.63, 3.8) is 0 Å². The molecule has 0 aromatic carbocycles. The number of hydrogen-bond acceptors (Lipinski definition) is 3. The van der Waals surface area contributed by atoms with Crippen LogP contribution >= 0.6 is 0 Å². The van der Waals surface area contributed by atoms with Gasteiger partial charge < -0.3 is 4.74 Å². The Hall–Kier alpha value is -1.09. The maximum atomic E-state index is 5.56. The van der Waals surface area contributed by atoms with Crippen LogP contribution in [0.3, 0.4) is 0 Å². The molecule has 0 N–H and O–H groups in total. The first-order chi connectivity index (χ1) is 6.95. The van der Waals surface area contributed by atoms with Gasteiger partial charge in [0.15, 0.2) is 0 Å². The zero-order valence-electron chi connectivity index (χ0n) is 8.35. The highest BCUT2D eigenvalue weighted by Gasteiger charge is 2.09. The van der Waals surface area contributed by atoms with Gasteiger partial charge in [0.05, 0.1) is 0 Å². The van der Waals surface area contributed by atoms with Crippen LogP contribution in [0, 0.1) is 0 Å². The summed E-state index contributed by atoms with van der Waals surface area (Å²) in [6, 6.07) is 5.73. The number of nitrogens with zero attached hydrogens (tertiary/aromatic N) is 2. The van der Waals surface area contributed by atoms with Gasteiger partial charge in [-0.2, -0.15) is 0 Å². The second-order valence-corrected chi connectivity index (χ2v) is 3.62. The molecule has 1 fully saturated rings. The minimum absolute atomic E-state index is 0.678. The van der Waals surface area contributed by atoms with Gasteiger partial charge in [0.25, 0.3) is 0 Å². The number of likely N-dealkylation sites (tertiary alicyclic amines) is 1. The third-order valence-corrected chi connectivity index (χ3v) is 2.48. The minimum atomic E-state index is 0.678. The number of hydrogen-bond donors (Lipinski definition) is 0. The largest absolute Gasteiger partial charge is 0.461 e. The van der Waals surface area contributed by atoms with Crippen LogP contribution in [0.5, 0.6) is 5.88 Å². The molecule has 1 aliphatic rings. The molecule has 0 spiro atoms. The molecule has 3 heteroatoms. The van der Waals surface area contributed by atoms with E-state index in [1.165, 1.54) is 19.3 Å². The highest BCUT2D eigenvalue weighted by Crippen LogP contribution is 2.10. The van der Waals surface area contributed by atoms with Crippen molar-refractivity contribution in [3.8, 4) is 5.88 Å². The molecule has 1 aromatic rings. The van der Waals surface area contributed by atoms with Crippen molar-refractivity contribution in [1.29, 1.82) is 0 Å². The van der Waals surface area contributed by atoms with Crippen molar-refractivity contribution < 1.29 is 4.74 Å². The van der Waals surface area contributed by atoms with E-state index in [-0.39, 0.29) is 0 Å². The molecule has 0 radical (unpaired) electrons. The van der Waals surface area contributed by atoms with Crippen molar-refractivity contribution in [2.45, 2.75) is 19.3 Å². The maximum absolute atomic E-state index is 5.56. The predicted molar refractivity (Wildman–Crippen MR) is 55.2 cm³/mol. The fourth-order valence-corrected chi connectivity index (χ4v) is 1.68. The Kier molecular flexibility index (Phi) is 3.35. The van der Waals surface area contributed by atoms with Crippen LogP contribution in [-0.4, -0.2) is 29.7 Å². The van der Waals surface area contributed by atoms with E-state index in [4.69, 9.17) is 4.74 Å². The predicted octanol–water partition coefficient (Wildman–Crippen LogP) is 1.90. The number of ether oxygens (including phenoxy) is 1. The molecule has 1 aliphatic heterocycles. The third-order valence-electron chi connectivity index (χ3n) is 2.48. The zero-order chi connectivity index (χ0) is 9.64. The van der Waals surface area contributed by atoms with Gasteiger partial charge in [0.2, 0.25) is 5.88 Å². The van der Waals surface area contributed by atoms with E-state index in [2.05, 4.69) is 9.88 Å². The number of rotatable bonds is 3. The van der Waals surface area contributed by atoms with E-state index in [1.54, 1.807) is 6.20 Å². The number of aromatic nitrogens is 1. The Morgan fingerprint density at radius 1 is 1.21 bits per heavy atom.